The Kier molecular flexibility index (Phi) is 23.0. The van der Waals surface area contributed by atoms with Crippen molar-refractivity contribution in [2.45, 2.75) is 105 Å². The number of unbranched alkanes of at least 4 members (excludes halogenated alkanes) is 6. The highest BCUT2D eigenvalue weighted by molar-refractivity contribution is 5.97. The maximum atomic E-state index is 4.84. The lowest BCUT2D eigenvalue weighted by atomic mass is 10.1. The molecule has 0 rings (SSSR count). The van der Waals surface area contributed by atoms with E-state index in [0.29, 0.717) is 0 Å². The highest BCUT2D eigenvalue weighted by atomic mass is 16.4. The summed E-state index contributed by atoms with van der Waals surface area (Å²) < 4.78 is 6.26. The van der Waals surface area contributed by atoms with Crippen LogP contribution in [0.4, 0.5) is 0 Å². The molecule has 146 valence electrons. The van der Waals surface area contributed by atoms with E-state index in [2.05, 4.69) is 34.6 Å². The smallest absolute Gasteiger partial charge is 0.257 e. The number of hydrogen-bond acceptors (Lipinski definition) is 1. The zero-order chi connectivity index (χ0) is 18.5. The Bertz CT molecular complexity index is 182. The molecule has 0 amide bonds. The molecule has 0 aliphatic rings. The summed E-state index contributed by atoms with van der Waals surface area (Å²) in [4.78, 5) is 0. The standard InChI is InChI=1S/C16H36N.C5H13BO/c1-5-9-13-17(14-10-6-2,15-11-7-3)16-12-8-4;1-2-3-4-5-7-6/h5-16H2,1-4H3;2-6H2,1H3/q+1;. The molecule has 24 heavy (non-hydrogen) atoms. The second-order valence-electron chi connectivity index (χ2n) is 7.35. The quantitative estimate of drug-likeness (QED) is 0.197. The van der Waals surface area contributed by atoms with E-state index in [9.17, 15) is 0 Å². The number of hydrogen-bond donors (Lipinski definition) is 0. The van der Waals surface area contributed by atoms with Crippen LogP contribution < -0.4 is 0 Å². The van der Waals surface area contributed by atoms with Crippen LogP contribution in [0.1, 0.15) is 105 Å². The van der Waals surface area contributed by atoms with Gasteiger partial charge in [-0.05, 0) is 32.1 Å². The predicted octanol–water partition coefficient (Wildman–Crippen LogP) is 5.74. The number of rotatable bonds is 16. The Hall–Kier alpha value is -0.0151. The average molecular weight is 342 g/mol. The molecule has 0 aromatic heterocycles. The molecular formula is C21H49BNO+. The Morgan fingerprint density at radius 3 is 1.12 bits per heavy atom. The summed E-state index contributed by atoms with van der Waals surface area (Å²) in [6, 6.07) is 0. The molecule has 0 atom stereocenters. The van der Waals surface area contributed by atoms with E-state index in [0.717, 1.165) is 6.61 Å². The van der Waals surface area contributed by atoms with Crippen LogP contribution in [0.5, 0.6) is 0 Å². The van der Waals surface area contributed by atoms with Gasteiger partial charge in [0.25, 0.3) is 8.05 Å². The van der Waals surface area contributed by atoms with Crippen LogP contribution in [0.25, 0.3) is 0 Å². The molecule has 0 heterocycles. The largest absolute Gasteiger partial charge is 0.444 e. The van der Waals surface area contributed by atoms with Gasteiger partial charge in [0, 0.05) is 6.61 Å². The molecule has 0 aromatic carbocycles. The molecule has 2 nitrogen and oxygen atoms in total. The lowest BCUT2D eigenvalue weighted by Gasteiger charge is -2.39. The van der Waals surface area contributed by atoms with Crippen LogP contribution >= 0.6 is 0 Å². The van der Waals surface area contributed by atoms with E-state index in [-0.39, 0.29) is 0 Å². The van der Waals surface area contributed by atoms with Gasteiger partial charge >= 0.3 is 0 Å². The van der Waals surface area contributed by atoms with Crippen molar-refractivity contribution in [2.24, 2.45) is 0 Å². The van der Waals surface area contributed by atoms with Crippen LogP contribution in [-0.2, 0) is 4.65 Å². The molecule has 0 aliphatic heterocycles. The third kappa shape index (κ3) is 16.8. The first kappa shape index (κ1) is 26.2. The second-order valence-corrected chi connectivity index (χ2v) is 7.35. The number of nitrogens with zero attached hydrogens (tertiary/aromatic N) is 1. The number of quaternary nitrogens is 1. The van der Waals surface area contributed by atoms with Crippen molar-refractivity contribution in [3.63, 3.8) is 0 Å². The fourth-order valence-corrected chi connectivity index (χ4v) is 3.14. The van der Waals surface area contributed by atoms with Crippen LogP contribution in [0.3, 0.4) is 0 Å². The molecule has 0 fully saturated rings. The minimum Gasteiger partial charge on any atom is -0.444 e. The molecule has 0 aliphatic carbocycles. The van der Waals surface area contributed by atoms with Gasteiger partial charge in [-0.1, -0.05) is 73.1 Å². The topological polar surface area (TPSA) is 9.23 Å². The minimum absolute atomic E-state index is 0.924. The van der Waals surface area contributed by atoms with Gasteiger partial charge in [0.1, 0.15) is 0 Å². The van der Waals surface area contributed by atoms with Gasteiger partial charge in [-0.15, -0.1) is 0 Å². The van der Waals surface area contributed by atoms with Crippen molar-refractivity contribution in [3.05, 3.63) is 0 Å². The lowest BCUT2D eigenvalue weighted by molar-refractivity contribution is -0.929. The first-order valence-corrected chi connectivity index (χ1v) is 11.0. The zero-order valence-electron chi connectivity index (χ0n) is 18.2. The van der Waals surface area contributed by atoms with E-state index in [4.69, 9.17) is 4.65 Å². The molecule has 0 radical (unpaired) electrons. The highest BCUT2D eigenvalue weighted by Crippen LogP contribution is 2.16. The highest BCUT2D eigenvalue weighted by Gasteiger charge is 2.24. The van der Waals surface area contributed by atoms with Gasteiger partial charge in [-0.2, -0.15) is 0 Å². The average Bonchev–Trinajstić information content (AvgIpc) is 2.61. The first-order chi connectivity index (χ1) is 11.7. The SMILES string of the molecule is BOCCCCC.CCCC[N+](CCCC)(CCCC)CCCC. The fraction of sp³-hybridized carbons (Fsp3) is 1.00. The second kappa shape index (κ2) is 21.0. The summed E-state index contributed by atoms with van der Waals surface area (Å²) in [7, 11) is 1.75. The van der Waals surface area contributed by atoms with Crippen LogP contribution in [-0.4, -0.2) is 45.3 Å². The molecule has 0 N–H and O–H groups in total. The third-order valence-electron chi connectivity index (χ3n) is 4.90. The Morgan fingerprint density at radius 1 is 0.542 bits per heavy atom. The third-order valence-corrected chi connectivity index (χ3v) is 4.90. The van der Waals surface area contributed by atoms with Gasteiger partial charge in [-0.25, -0.2) is 0 Å². The van der Waals surface area contributed by atoms with Crippen molar-refractivity contribution in [3.8, 4) is 0 Å². The Morgan fingerprint density at radius 2 is 0.875 bits per heavy atom. The monoisotopic (exact) mass is 342 g/mol. The molecule has 0 aromatic rings. The summed E-state index contributed by atoms with van der Waals surface area (Å²) in [5, 5.41) is 0. The summed E-state index contributed by atoms with van der Waals surface area (Å²) >= 11 is 0. The maximum absolute atomic E-state index is 4.84. The van der Waals surface area contributed by atoms with Crippen molar-refractivity contribution in [2.75, 3.05) is 32.8 Å². The summed E-state index contributed by atoms with van der Waals surface area (Å²) in [5.41, 5.74) is 0. The van der Waals surface area contributed by atoms with Crippen molar-refractivity contribution in [1.29, 1.82) is 0 Å². The van der Waals surface area contributed by atoms with Gasteiger partial charge in [0.15, 0.2) is 0 Å². The van der Waals surface area contributed by atoms with E-state index in [1.54, 1.807) is 8.05 Å². The van der Waals surface area contributed by atoms with E-state index >= 15 is 0 Å². The van der Waals surface area contributed by atoms with Gasteiger partial charge < -0.3 is 9.14 Å². The van der Waals surface area contributed by atoms with E-state index in [1.807, 2.05) is 0 Å². The lowest BCUT2D eigenvalue weighted by Crippen LogP contribution is -2.50. The molecule has 3 heteroatoms. The molecule has 0 saturated heterocycles. The maximum Gasteiger partial charge on any atom is 0.257 e. The van der Waals surface area contributed by atoms with Gasteiger partial charge in [-0.3, -0.25) is 0 Å². The van der Waals surface area contributed by atoms with Crippen molar-refractivity contribution < 1.29 is 9.14 Å². The normalized spacial score (nSPS) is 11.2. The molecular weight excluding hydrogens is 293 g/mol. The van der Waals surface area contributed by atoms with E-state index < -0.39 is 0 Å². The van der Waals surface area contributed by atoms with Gasteiger partial charge in [0.05, 0.1) is 26.2 Å². The fourth-order valence-electron chi connectivity index (χ4n) is 3.14. The Balaban J connectivity index is 0. The van der Waals surface area contributed by atoms with Crippen LogP contribution in [0.2, 0.25) is 0 Å². The molecule has 0 unspecified atom stereocenters. The summed E-state index contributed by atoms with van der Waals surface area (Å²) in [6.45, 7) is 18.1. The summed E-state index contributed by atoms with van der Waals surface area (Å²) in [5.74, 6) is 0. The van der Waals surface area contributed by atoms with Crippen molar-refractivity contribution >= 4 is 8.05 Å². The summed E-state index contributed by atoms with van der Waals surface area (Å²) in [6.07, 6.45) is 14.9. The zero-order valence-corrected chi connectivity index (χ0v) is 18.2. The first-order valence-electron chi connectivity index (χ1n) is 11.0. The van der Waals surface area contributed by atoms with Crippen LogP contribution in [0.15, 0.2) is 0 Å². The molecule has 0 spiro atoms. The molecule has 0 saturated carbocycles. The minimum atomic E-state index is 0.924. The molecule has 0 bridgehead atoms. The van der Waals surface area contributed by atoms with Gasteiger partial charge in [0.2, 0.25) is 0 Å². The Labute approximate surface area is 155 Å². The van der Waals surface area contributed by atoms with Crippen molar-refractivity contribution in [1.82, 2.24) is 0 Å². The van der Waals surface area contributed by atoms with E-state index in [1.165, 1.54) is 101 Å². The van der Waals surface area contributed by atoms with Crippen LogP contribution in [0, 0.1) is 0 Å². The predicted molar refractivity (Wildman–Crippen MR) is 113 cm³/mol.